The van der Waals surface area contributed by atoms with Crippen LogP contribution in [0.15, 0.2) is 59.9 Å². The Labute approximate surface area is 174 Å². The highest BCUT2D eigenvalue weighted by molar-refractivity contribution is 7.99. The van der Waals surface area contributed by atoms with Gasteiger partial charge in [0.1, 0.15) is 18.9 Å². The Balaban J connectivity index is 1.31. The van der Waals surface area contributed by atoms with Crippen molar-refractivity contribution in [2.24, 2.45) is 0 Å². The number of thioether (sulfide) groups is 1. The molecule has 0 bridgehead atoms. The van der Waals surface area contributed by atoms with E-state index in [1.807, 2.05) is 48.4 Å². The average molecular weight is 410 g/mol. The van der Waals surface area contributed by atoms with E-state index < -0.39 is 0 Å². The van der Waals surface area contributed by atoms with Gasteiger partial charge in [-0.15, -0.1) is 10.2 Å². The van der Waals surface area contributed by atoms with Crippen LogP contribution in [0.4, 0.5) is 5.82 Å². The van der Waals surface area contributed by atoms with Crippen molar-refractivity contribution in [3.05, 3.63) is 66.1 Å². The molecule has 4 rings (SSSR count). The first-order valence-electron chi connectivity index (χ1n) is 9.76. The summed E-state index contributed by atoms with van der Waals surface area (Å²) in [5.41, 5.74) is 1.19. The zero-order valence-corrected chi connectivity index (χ0v) is 17.3. The number of rotatable bonds is 6. The van der Waals surface area contributed by atoms with Gasteiger partial charge in [0.25, 0.3) is 5.82 Å². The third kappa shape index (κ3) is 4.76. The molecule has 0 spiro atoms. The molecule has 0 aliphatic carbocycles. The number of amides is 1. The molecule has 1 aliphatic rings. The number of aromatic nitrogens is 4. The summed E-state index contributed by atoms with van der Waals surface area (Å²) >= 11 is 1.46. The minimum Gasteiger partial charge on any atom is -0.334 e. The van der Waals surface area contributed by atoms with Gasteiger partial charge in [0.15, 0.2) is 5.16 Å². The Kier molecular flexibility index (Phi) is 6.09. The molecule has 29 heavy (non-hydrogen) atoms. The Morgan fingerprint density at radius 1 is 1.03 bits per heavy atom. The molecule has 7 nitrogen and oxygen atoms in total. The zero-order valence-electron chi connectivity index (χ0n) is 16.5. The number of hydrogen-bond donors (Lipinski definition) is 0. The van der Waals surface area contributed by atoms with Crippen LogP contribution in [0.1, 0.15) is 11.4 Å². The molecule has 0 radical (unpaired) electrons. The molecule has 0 unspecified atom stereocenters. The second kappa shape index (κ2) is 9.09. The highest BCUT2D eigenvalue weighted by Crippen LogP contribution is 2.20. The third-order valence-electron chi connectivity index (χ3n) is 5.08. The van der Waals surface area contributed by atoms with Gasteiger partial charge >= 0.3 is 0 Å². The van der Waals surface area contributed by atoms with Crippen LogP contribution in [-0.2, 0) is 11.3 Å². The summed E-state index contributed by atoms with van der Waals surface area (Å²) in [6.45, 7) is 5.79. The van der Waals surface area contributed by atoms with E-state index in [2.05, 4.69) is 42.8 Å². The number of carbonyl (C=O) groups excluding carboxylic acids is 1. The van der Waals surface area contributed by atoms with Crippen LogP contribution in [0.3, 0.4) is 0 Å². The second-order valence-electron chi connectivity index (χ2n) is 7.01. The molecule has 3 aromatic rings. The van der Waals surface area contributed by atoms with E-state index in [1.165, 1.54) is 17.3 Å². The van der Waals surface area contributed by atoms with E-state index in [0.717, 1.165) is 43.0 Å². The van der Waals surface area contributed by atoms with Gasteiger partial charge in [-0.2, -0.15) is 0 Å². The van der Waals surface area contributed by atoms with Crippen molar-refractivity contribution in [1.29, 1.82) is 0 Å². The summed E-state index contributed by atoms with van der Waals surface area (Å²) in [6, 6.07) is 16.3. The second-order valence-corrected chi connectivity index (χ2v) is 7.95. The average Bonchev–Trinajstić information content (AvgIpc) is 3.13. The molecule has 3 heterocycles. The van der Waals surface area contributed by atoms with E-state index >= 15 is 0 Å². The van der Waals surface area contributed by atoms with Crippen LogP contribution in [-0.4, -0.2) is 57.5 Å². The van der Waals surface area contributed by atoms with E-state index in [-0.39, 0.29) is 5.91 Å². The molecular weight excluding hydrogens is 384 g/mol. The van der Waals surface area contributed by atoms with Crippen molar-refractivity contribution in [3.8, 4) is 0 Å². The fourth-order valence-corrected chi connectivity index (χ4v) is 4.30. The summed E-state index contributed by atoms with van der Waals surface area (Å²) in [7, 11) is 0. The zero-order chi connectivity index (χ0) is 20.1. The summed E-state index contributed by atoms with van der Waals surface area (Å²) < 4.78 is 2.07. The monoisotopic (exact) mass is 409 g/mol. The predicted octanol–water partition coefficient (Wildman–Crippen LogP) is 1.89. The molecule has 1 aliphatic heterocycles. The van der Waals surface area contributed by atoms with Crippen LogP contribution < -0.4 is 9.88 Å². The van der Waals surface area contributed by atoms with Gasteiger partial charge < -0.3 is 9.47 Å². The standard InChI is InChI=1S/C21H24N6OS/c1-17-23-24-21(27(17)15-18-7-3-2-4-8-18)29-16-20(28)26-13-11-25(12-14-26)19-9-5-6-10-22-19/h2-10H,11-16H2,1H3/p+1. The molecule has 150 valence electrons. The molecule has 8 heteroatoms. The van der Waals surface area contributed by atoms with E-state index in [9.17, 15) is 4.79 Å². The highest BCUT2D eigenvalue weighted by atomic mass is 32.2. The number of hydrogen-bond acceptors (Lipinski definition) is 5. The van der Waals surface area contributed by atoms with Crippen molar-refractivity contribution in [2.75, 3.05) is 36.8 Å². The maximum absolute atomic E-state index is 12.7. The topological polar surface area (TPSA) is 68.4 Å². The number of pyridine rings is 1. The first-order chi connectivity index (χ1) is 14.2. The number of H-pyrrole nitrogens is 1. The van der Waals surface area contributed by atoms with Gasteiger partial charge in [-0.25, -0.2) is 4.98 Å². The number of piperazine rings is 1. The van der Waals surface area contributed by atoms with Gasteiger partial charge in [-0.05, 0) is 18.6 Å². The fraction of sp³-hybridized carbons (Fsp3) is 0.333. The van der Waals surface area contributed by atoms with Gasteiger partial charge in [0, 0.05) is 6.07 Å². The van der Waals surface area contributed by atoms with Crippen molar-refractivity contribution < 1.29 is 9.78 Å². The van der Waals surface area contributed by atoms with E-state index in [1.54, 1.807) is 0 Å². The first kappa shape index (κ1) is 19.4. The number of nitrogens with one attached hydrogen (secondary N) is 1. The first-order valence-corrected chi connectivity index (χ1v) is 10.8. The summed E-state index contributed by atoms with van der Waals surface area (Å²) in [5, 5.41) is 9.27. The van der Waals surface area contributed by atoms with Gasteiger partial charge in [0.05, 0.1) is 31.6 Å². The number of aryl methyl sites for hydroxylation is 1. The van der Waals surface area contributed by atoms with E-state index in [0.29, 0.717) is 12.3 Å². The van der Waals surface area contributed by atoms with Crippen LogP contribution >= 0.6 is 11.8 Å². The molecule has 1 N–H and O–H groups in total. The normalized spacial score (nSPS) is 14.2. The smallest absolute Gasteiger partial charge is 0.274 e. The number of benzene rings is 1. The molecule has 0 atom stereocenters. The van der Waals surface area contributed by atoms with Crippen molar-refractivity contribution in [2.45, 2.75) is 18.6 Å². The molecule has 1 saturated heterocycles. The lowest BCUT2D eigenvalue weighted by Gasteiger charge is -2.30. The molecule has 1 aromatic carbocycles. The molecule has 0 saturated carbocycles. The third-order valence-corrected chi connectivity index (χ3v) is 6.03. The molecule has 1 fully saturated rings. The number of aromatic amines is 1. The summed E-state index contributed by atoms with van der Waals surface area (Å²) in [4.78, 5) is 20.2. The lowest BCUT2D eigenvalue weighted by atomic mass is 10.2. The van der Waals surface area contributed by atoms with Crippen molar-refractivity contribution >= 4 is 23.5 Å². The maximum atomic E-state index is 12.7. The number of carbonyl (C=O) groups is 1. The van der Waals surface area contributed by atoms with Crippen molar-refractivity contribution in [3.63, 3.8) is 0 Å². The lowest BCUT2D eigenvalue weighted by Crippen LogP contribution is -2.50. The molecule has 2 aromatic heterocycles. The predicted molar refractivity (Wildman–Crippen MR) is 113 cm³/mol. The van der Waals surface area contributed by atoms with Gasteiger partial charge in [0.2, 0.25) is 5.91 Å². The maximum Gasteiger partial charge on any atom is 0.274 e. The van der Waals surface area contributed by atoms with Crippen LogP contribution in [0.5, 0.6) is 0 Å². The minimum absolute atomic E-state index is 0.151. The van der Waals surface area contributed by atoms with Gasteiger partial charge in [-0.3, -0.25) is 9.69 Å². The SMILES string of the molecule is Cc1nnc(SCC(=O)N2CCN(c3cccc[nH+]3)CC2)n1Cc1ccccc1. The molecular formula is C21H25N6OS+. The number of nitrogens with zero attached hydrogens (tertiary/aromatic N) is 5. The lowest BCUT2D eigenvalue weighted by molar-refractivity contribution is -0.364. The summed E-state index contributed by atoms with van der Waals surface area (Å²) in [6.07, 6.45) is 1.93. The Morgan fingerprint density at radius 3 is 2.52 bits per heavy atom. The Hall–Kier alpha value is -2.87. The van der Waals surface area contributed by atoms with Crippen molar-refractivity contribution in [1.82, 2.24) is 19.7 Å². The largest absolute Gasteiger partial charge is 0.334 e. The van der Waals surface area contributed by atoms with Gasteiger partial charge in [-0.1, -0.05) is 48.2 Å². The van der Waals surface area contributed by atoms with Crippen LogP contribution in [0.25, 0.3) is 0 Å². The van der Waals surface area contributed by atoms with Crippen LogP contribution in [0, 0.1) is 6.92 Å². The van der Waals surface area contributed by atoms with E-state index in [4.69, 9.17) is 0 Å². The fourth-order valence-electron chi connectivity index (χ4n) is 3.41. The minimum atomic E-state index is 0.151. The summed E-state index contributed by atoms with van der Waals surface area (Å²) in [5.74, 6) is 2.48. The Morgan fingerprint density at radius 2 is 1.79 bits per heavy atom. The highest BCUT2D eigenvalue weighted by Gasteiger charge is 2.26. The van der Waals surface area contributed by atoms with Crippen LogP contribution in [0.2, 0.25) is 0 Å². The molecule has 1 amide bonds. The number of anilines is 1. The Bertz CT molecular complexity index is 938. The quantitative estimate of drug-likeness (QED) is 0.582.